The normalized spacial score (nSPS) is 20.6. The van der Waals surface area contributed by atoms with Crippen molar-refractivity contribution in [2.75, 3.05) is 4.90 Å². The summed E-state index contributed by atoms with van der Waals surface area (Å²) < 4.78 is 0. The van der Waals surface area contributed by atoms with Crippen molar-refractivity contribution in [3.8, 4) is 0 Å². The van der Waals surface area contributed by atoms with Crippen LogP contribution in [0.1, 0.15) is 31.0 Å². The van der Waals surface area contributed by atoms with E-state index in [9.17, 15) is 4.79 Å². The lowest BCUT2D eigenvalue weighted by Crippen LogP contribution is -2.61. The zero-order valence-electron chi connectivity index (χ0n) is 12.1. The molecule has 0 aromatic heterocycles. The molecule has 1 aliphatic heterocycles. The molecule has 1 heterocycles. The Morgan fingerprint density at radius 2 is 1.55 bits per heavy atom. The predicted octanol–water partition coefficient (Wildman–Crippen LogP) is 4.11. The van der Waals surface area contributed by atoms with E-state index >= 15 is 0 Å². The van der Waals surface area contributed by atoms with Gasteiger partial charge in [0.25, 0.3) is 0 Å². The minimum Gasteiger partial charge on any atom is -0.303 e. The highest BCUT2D eigenvalue weighted by molar-refractivity contribution is 6.05. The minimum atomic E-state index is -0.342. The number of anilines is 1. The van der Waals surface area contributed by atoms with E-state index in [0.717, 1.165) is 5.69 Å². The first kappa shape index (κ1) is 12.9. The van der Waals surface area contributed by atoms with E-state index in [1.54, 1.807) is 0 Å². The van der Waals surface area contributed by atoms with E-state index in [1.807, 2.05) is 49.1 Å². The summed E-state index contributed by atoms with van der Waals surface area (Å²) in [6.45, 7) is 6.13. The molecular weight excluding hydrogens is 246 g/mol. The van der Waals surface area contributed by atoms with Crippen LogP contribution in [0.2, 0.25) is 0 Å². The Balaban J connectivity index is 2.02. The molecule has 20 heavy (non-hydrogen) atoms. The third kappa shape index (κ3) is 1.83. The van der Waals surface area contributed by atoms with Crippen molar-refractivity contribution in [2.24, 2.45) is 5.41 Å². The third-order valence-electron chi connectivity index (χ3n) is 4.14. The van der Waals surface area contributed by atoms with Crippen LogP contribution in [0.25, 0.3) is 0 Å². The number of rotatable bonds is 2. The Kier molecular flexibility index (Phi) is 2.89. The molecule has 0 radical (unpaired) electrons. The van der Waals surface area contributed by atoms with Gasteiger partial charge in [-0.2, -0.15) is 0 Å². The van der Waals surface area contributed by atoms with Crippen molar-refractivity contribution in [3.05, 3.63) is 65.7 Å². The van der Waals surface area contributed by atoms with Gasteiger partial charge in [0.1, 0.15) is 0 Å². The zero-order chi connectivity index (χ0) is 14.3. The maximum atomic E-state index is 12.5. The summed E-state index contributed by atoms with van der Waals surface area (Å²) in [6.07, 6.45) is 0. The van der Waals surface area contributed by atoms with E-state index in [1.165, 1.54) is 11.1 Å². The molecule has 1 saturated heterocycles. The van der Waals surface area contributed by atoms with Gasteiger partial charge in [0.05, 0.1) is 11.5 Å². The number of hydrogen-bond acceptors (Lipinski definition) is 1. The third-order valence-corrected chi connectivity index (χ3v) is 4.14. The number of carbonyl (C=O) groups is 1. The fraction of sp³-hybridized carbons (Fsp3) is 0.278. The largest absolute Gasteiger partial charge is 0.303 e. The first-order valence-corrected chi connectivity index (χ1v) is 6.97. The van der Waals surface area contributed by atoms with Crippen molar-refractivity contribution < 1.29 is 4.79 Å². The molecule has 1 atom stereocenters. The predicted molar refractivity (Wildman–Crippen MR) is 81.6 cm³/mol. The molecule has 102 valence electrons. The summed E-state index contributed by atoms with van der Waals surface area (Å²) in [7, 11) is 0. The highest BCUT2D eigenvalue weighted by atomic mass is 16.2. The van der Waals surface area contributed by atoms with Crippen LogP contribution in [-0.2, 0) is 4.79 Å². The smallest absolute Gasteiger partial charge is 0.235 e. The molecule has 0 spiro atoms. The number of amides is 1. The van der Waals surface area contributed by atoms with Crippen LogP contribution in [0.3, 0.4) is 0 Å². The summed E-state index contributed by atoms with van der Waals surface area (Å²) in [5, 5.41) is 0. The van der Waals surface area contributed by atoms with E-state index in [-0.39, 0.29) is 17.4 Å². The van der Waals surface area contributed by atoms with Crippen molar-refractivity contribution in [1.82, 2.24) is 0 Å². The first-order chi connectivity index (χ1) is 9.51. The van der Waals surface area contributed by atoms with E-state index in [4.69, 9.17) is 0 Å². The summed E-state index contributed by atoms with van der Waals surface area (Å²) in [4.78, 5) is 14.4. The molecule has 0 saturated carbocycles. The highest BCUT2D eigenvalue weighted by Crippen LogP contribution is 2.51. The Morgan fingerprint density at radius 3 is 2.15 bits per heavy atom. The lowest BCUT2D eigenvalue weighted by Gasteiger charge is -2.53. The van der Waals surface area contributed by atoms with Crippen molar-refractivity contribution in [3.63, 3.8) is 0 Å². The van der Waals surface area contributed by atoms with Crippen LogP contribution in [0.4, 0.5) is 5.69 Å². The molecule has 0 N–H and O–H groups in total. The molecule has 2 heteroatoms. The Bertz CT molecular complexity index is 628. The average molecular weight is 265 g/mol. The molecule has 1 unspecified atom stereocenters. The lowest BCUT2D eigenvalue weighted by molar-refractivity contribution is -0.137. The molecule has 3 rings (SSSR count). The van der Waals surface area contributed by atoms with Gasteiger partial charge in [0.2, 0.25) is 5.91 Å². The summed E-state index contributed by atoms with van der Waals surface area (Å²) in [5.74, 6) is 0.189. The standard InChI is InChI=1S/C18H19NO/c1-13-9-11-14(12-10-13)16-18(2,3)17(20)19(16)15-7-5-4-6-8-15/h4-12,16H,1-3H3. The number of nitrogens with zero attached hydrogens (tertiary/aromatic N) is 1. The van der Waals surface area contributed by atoms with E-state index < -0.39 is 0 Å². The molecule has 2 aromatic carbocycles. The Morgan fingerprint density at radius 1 is 0.950 bits per heavy atom. The highest BCUT2D eigenvalue weighted by Gasteiger charge is 2.55. The maximum absolute atomic E-state index is 12.5. The van der Waals surface area contributed by atoms with Crippen LogP contribution in [0, 0.1) is 12.3 Å². The number of β-lactam (4-membered cyclic amide) rings is 1. The lowest BCUT2D eigenvalue weighted by atomic mass is 9.70. The van der Waals surface area contributed by atoms with Crippen LogP contribution in [0.15, 0.2) is 54.6 Å². The maximum Gasteiger partial charge on any atom is 0.235 e. The zero-order valence-corrected chi connectivity index (χ0v) is 12.1. The van der Waals surface area contributed by atoms with Gasteiger partial charge in [0.15, 0.2) is 0 Å². The summed E-state index contributed by atoms with van der Waals surface area (Å²) in [5.41, 5.74) is 3.07. The second-order valence-electron chi connectivity index (χ2n) is 6.05. The van der Waals surface area contributed by atoms with Gasteiger partial charge in [-0.05, 0) is 38.5 Å². The van der Waals surface area contributed by atoms with Gasteiger partial charge >= 0.3 is 0 Å². The Hall–Kier alpha value is -2.09. The average Bonchev–Trinajstić information content (AvgIpc) is 2.46. The Labute approximate surface area is 120 Å². The monoisotopic (exact) mass is 265 g/mol. The van der Waals surface area contributed by atoms with Crippen LogP contribution in [0.5, 0.6) is 0 Å². The molecule has 1 amide bonds. The second kappa shape index (κ2) is 4.48. The van der Waals surface area contributed by atoms with E-state index in [2.05, 4.69) is 31.2 Å². The quantitative estimate of drug-likeness (QED) is 0.748. The molecular formula is C18H19NO. The van der Waals surface area contributed by atoms with Crippen LogP contribution >= 0.6 is 0 Å². The SMILES string of the molecule is Cc1ccc(C2N(c3ccccc3)C(=O)C2(C)C)cc1. The molecule has 0 aliphatic carbocycles. The summed E-state index contributed by atoms with van der Waals surface area (Å²) >= 11 is 0. The van der Waals surface area contributed by atoms with Gasteiger partial charge in [-0.25, -0.2) is 0 Å². The first-order valence-electron chi connectivity index (χ1n) is 6.97. The molecule has 2 aromatic rings. The molecule has 1 aliphatic rings. The van der Waals surface area contributed by atoms with Crippen LogP contribution in [-0.4, -0.2) is 5.91 Å². The molecule has 2 nitrogen and oxygen atoms in total. The summed E-state index contributed by atoms with van der Waals surface area (Å²) in [6, 6.07) is 18.5. The van der Waals surface area contributed by atoms with E-state index in [0.29, 0.717) is 0 Å². The minimum absolute atomic E-state index is 0.109. The number of hydrogen-bond donors (Lipinski definition) is 0. The van der Waals surface area contributed by atoms with Crippen molar-refractivity contribution >= 4 is 11.6 Å². The van der Waals surface area contributed by atoms with Gasteiger partial charge in [-0.15, -0.1) is 0 Å². The topological polar surface area (TPSA) is 20.3 Å². The molecule has 1 fully saturated rings. The van der Waals surface area contributed by atoms with Crippen LogP contribution < -0.4 is 4.90 Å². The fourth-order valence-electron chi connectivity index (χ4n) is 2.97. The number of aryl methyl sites for hydroxylation is 1. The number of carbonyl (C=O) groups excluding carboxylic acids is 1. The number of benzene rings is 2. The van der Waals surface area contributed by atoms with Crippen molar-refractivity contribution in [1.29, 1.82) is 0 Å². The fourth-order valence-corrected chi connectivity index (χ4v) is 2.97. The second-order valence-corrected chi connectivity index (χ2v) is 6.05. The van der Waals surface area contributed by atoms with Gasteiger partial charge < -0.3 is 4.90 Å². The number of para-hydroxylation sites is 1. The van der Waals surface area contributed by atoms with Gasteiger partial charge in [-0.3, -0.25) is 4.79 Å². The van der Waals surface area contributed by atoms with Gasteiger partial charge in [0, 0.05) is 5.69 Å². The van der Waals surface area contributed by atoms with Gasteiger partial charge in [-0.1, -0.05) is 48.0 Å². The van der Waals surface area contributed by atoms with Crippen molar-refractivity contribution in [2.45, 2.75) is 26.8 Å². The molecule has 0 bridgehead atoms.